The third kappa shape index (κ3) is 4.99. The van der Waals surface area contributed by atoms with Crippen LogP contribution >= 0.6 is 22.6 Å². The Morgan fingerprint density at radius 3 is 2.80 bits per heavy atom. The predicted octanol–water partition coefficient (Wildman–Crippen LogP) is 2.95. The molecule has 0 radical (unpaired) electrons. The number of rotatable bonds is 6. The van der Waals surface area contributed by atoms with Gasteiger partial charge in [-0.3, -0.25) is 4.79 Å². The maximum Gasteiger partial charge on any atom is 0.236 e. The molecule has 1 aromatic carbocycles. The quantitative estimate of drug-likeness (QED) is 0.462. The summed E-state index contributed by atoms with van der Waals surface area (Å²) >= 11 is 2.20. The molecule has 1 rings (SSSR count). The van der Waals surface area contributed by atoms with Crippen molar-refractivity contribution in [3.05, 3.63) is 21.3 Å². The Labute approximate surface area is 132 Å². The van der Waals surface area contributed by atoms with Crippen LogP contribution in [0.2, 0.25) is 0 Å². The smallest absolute Gasteiger partial charge is 0.236 e. The molecular weight excluding hydrogens is 371 g/mol. The highest BCUT2D eigenvalue weighted by Crippen LogP contribution is 2.34. The molecule has 0 aliphatic carbocycles. The number of halogens is 1. The van der Waals surface area contributed by atoms with Gasteiger partial charge in [-0.2, -0.15) is 5.10 Å². The van der Waals surface area contributed by atoms with Crippen LogP contribution in [0.15, 0.2) is 17.2 Å². The number of carbonyl (C=O) groups is 1. The molecule has 1 N–H and O–H groups in total. The Kier molecular flexibility index (Phi) is 6.77. The van der Waals surface area contributed by atoms with Crippen LogP contribution in [-0.2, 0) is 4.79 Å². The van der Waals surface area contributed by atoms with Gasteiger partial charge in [-0.15, -0.1) is 0 Å². The highest BCUT2D eigenvalue weighted by molar-refractivity contribution is 14.1. The molecule has 1 atom stereocenters. The van der Waals surface area contributed by atoms with E-state index >= 15 is 0 Å². The summed E-state index contributed by atoms with van der Waals surface area (Å²) in [6.45, 7) is 5.49. The summed E-state index contributed by atoms with van der Waals surface area (Å²) in [5.41, 5.74) is 3.19. The van der Waals surface area contributed by atoms with Gasteiger partial charge in [-0.25, -0.2) is 5.43 Å². The molecule has 0 aliphatic rings. The van der Waals surface area contributed by atoms with Crippen molar-refractivity contribution in [1.82, 2.24) is 5.43 Å². The van der Waals surface area contributed by atoms with E-state index < -0.39 is 0 Å². The van der Waals surface area contributed by atoms with Gasteiger partial charge in [0, 0.05) is 6.92 Å². The third-order valence-corrected chi connectivity index (χ3v) is 3.38. The average Bonchev–Trinajstić information content (AvgIpc) is 2.40. The van der Waals surface area contributed by atoms with E-state index in [4.69, 9.17) is 9.47 Å². The summed E-state index contributed by atoms with van der Waals surface area (Å²) in [5.74, 6) is 1.18. The van der Waals surface area contributed by atoms with Crippen molar-refractivity contribution in [2.45, 2.75) is 33.3 Å². The maximum atomic E-state index is 10.8. The summed E-state index contributed by atoms with van der Waals surface area (Å²) in [7, 11) is 1.60. The molecule has 1 aromatic rings. The van der Waals surface area contributed by atoms with Crippen LogP contribution in [0, 0.1) is 3.57 Å². The van der Waals surface area contributed by atoms with Crippen molar-refractivity contribution in [2.75, 3.05) is 7.11 Å². The molecule has 0 fully saturated rings. The second-order valence-corrected chi connectivity index (χ2v) is 5.46. The monoisotopic (exact) mass is 390 g/mol. The molecular formula is C14H19IN2O3. The molecule has 0 unspecified atom stereocenters. The van der Waals surface area contributed by atoms with Crippen LogP contribution in [0.1, 0.15) is 32.8 Å². The van der Waals surface area contributed by atoms with Gasteiger partial charge in [0.05, 0.1) is 23.0 Å². The fraction of sp³-hybridized carbons (Fsp3) is 0.429. The largest absolute Gasteiger partial charge is 0.493 e. The summed E-state index contributed by atoms with van der Waals surface area (Å²) in [6, 6.07) is 3.75. The zero-order valence-electron chi connectivity index (χ0n) is 12.1. The van der Waals surface area contributed by atoms with E-state index in [1.165, 1.54) is 6.92 Å². The fourth-order valence-electron chi connectivity index (χ4n) is 1.41. The van der Waals surface area contributed by atoms with Gasteiger partial charge in [0.1, 0.15) is 0 Å². The lowest BCUT2D eigenvalue weighted by molar-refractivity contribution is -0.118. The van der Waals surface area contributed by atoms with Gasteiger partial charge in [-0.05, 0) is 53.6 Å². The number of amides is 1. The van der Waals surface area contributed by atoms with Crippen LogP contribution in [0.3, 0.4) is 0 Å². The van der Waals surface area contributed by atoms with Crippen molar-refractivity contribution < 1.29 is 14.3 Å². The van der Waals surface area contributed by atoms with Crippen LogP contribution in [0.5, 0.6) is 11.5 Å². The van der Waals surface area contributed by atoms with Gasteiger partial charge in [0.25, 0.3) is 0 Å². The lowest BCUT2D eigenvalue weighted by atomic mass is 10.2. The number of methoxy groups -OCH3 is 1. The highest BCUT2D eigenvalue weighted by Gasteiger charge is 2.13. The Balaban J connectivity index is 3.00. The van der Waals surface area contributed by atoms with Crippen molar-refractivity contribution in [3.63, 3.8) is 0 Å². The first-order valence-corrected chi connectivity index (χ1v) is 7.39. The first kappa shape index (κ1) is 16.7. The average molecular weight is 390 g/mol. The second kappa shape index (κ2) is 8.08. The van der Waals surface area contributed by atoms with Gasteiger partial charge in [-0.1, -0.05) is 6.92 Å². The molecule has 0 bridgehead atoms. The lowest BCUT2D eigenvalue weighted by Crippen LogP contribution is -2.13. The molecule has 5 nitrogen and oxygen atoms in total. The SMILES string of the molecule is CC[C@@H](C)Oc1c(I)cc(/C=N\NC(C)=O)cc1OC. The molecule has 0 aromatic heterocycles. The Hall–Kier alpha value is -1.31. The summed E-state index contributed by atoms with van der Waals surface area (Å²) < 4.78 is 12.2. The molecule has 0 saturated heterocycles. The van der Waals surface area contributed by atoms with Crippen molar-refractivity contribution in [1.29, 1.82) is 0 Å². The van der Waals surface area contributed by atoms with Crippen molar-refractivity contribution in [3.8, 4) is 11.5 Å². The van der Waals surface area contributed by atoms with Gasteiger partial charge >= 0.3 is 0 Å². The highest BCUT2D eigenvalue weighted by atomic mass is 127. The van der Waals surface area contributed by atoms with E-state index in [9.17, 15) is 4.79 Å². The lowest BCUT2D eigenvalue weighted by Gasteiger charge is -2.17. The normalized spacial score (nSPS) is 12.2. The first-order valence-electron chi connectivity index (χ1n) is 6.31. The van der Waals surface area contributed by atoms with E-state index in [2.05, 4.69) is 40.0 Å². The molecule has 1 amide bonds. The molecule has 6 heteroatoms. The molecule has 110 valence electrons. The zero-order chi connectivity index (χ0) is 15.1. The number of carbonyl (C=O) groups excluding carboxylic acids is 1. The Morgan fingerprint density at radius 2 is 2.25 bits per heavy atom. The van der Waals surface area contributed by atoms with E-state index in [1.54, 1.807) is 13.3 Å². The number of hydrogen-bond donors (Lipinski definition) is 1. The minimum Gasteiger partial charge on any atom is -0.493 e. The third-order valence-electron chi connectivity index (χ3n) is 2.58. The number of ether oxygens (including phenoxy) is 2. The van der Waals surface area contributed by atoms with Crippen molar-refractivity contribution >= 4 is 34.7 Å². The van der Waals surface area contributed by atoms with Crippen LogP contribution in [0.4, 0.5) is 0 Å². The number of nitrogens with one attached hydrogen (secondary N) is 1. The molecule has 0 spiro atoms. The topological polar surface area (TPSA) is 59.9 Å². The van der Waals surface area contributed by atoms with E-state index in [0.717, 1.165) is 21.3 Å². The zero-order valence-corrected chi connectivity index (χ0v) is 14.2. The fourth-order valence-corrected chi connectivity index (χ4v) is 2.16. The van der Waals surface area contributed by atoms with Gasteiger partial charge < -0.3 is 9.47 Å². The summed E-state index contributed by atoms with van der Waals surface area (Å²) in [6.07, 6.45) is 2.61. The number of hydrazone groups is 1. The number of nitrogens with zero attached hydrogens (tertiary/aromatic N) is 1. The van der Waals surface area contributed by atoms with Crippen LogP contribution < -0.4 is 14.9 Å². The molecule has 20 heavy (non-hydrogen) atoms. The second-order valence-electron chi connectivity index (χ2n) is 4.30. The Bertz CT molecular complexity index is 503. The number of hydrogen-bond acceptors (Lipinski definition) is 4. The predicted molar refractivity (Wildman–Crippen MR) is 87.5 cm³/mol. The molecule has 0 saturated carbocycles. The van der Waals surface area contributed by atoms with E-state index in [-0.39, 0.29) is 12.0 Å². The van der Waals surface area contributed by atoms with E-state index in [1.807, 2.05) is 19.1 Å². The molecule has 0 aliphatic heterocycles. The van der Waals surface area contributed by atoms with E-state index in [0.29, 0.717) is 5.75 Å². The summed E-state index contributed by atoms with van der Waals surface area (Å²) in [4.78, 5) is 10.8. The van der Waals surface area contributed by atoms with Gasteiger partial charge in [0.15, 0.2) is 11.5 Å². The minimum absolute atomic E-state index is 0.122. The standard InChI is InChI=1S/C14H19IN2O3/c1-5-9(2)20-14-12(15)6-11(7-13(14)19-4)8-16-17-10(3)18/h6-9H,5H2,1-4H3,(H,17,18)/b16-8-/t9-/m1/s1. The van der Waals surface area contributed by atoms with Crippen LogP contribution in [-0.4, -0.2) is 25.3 Å². The Morgan fingerprint density at radius 1 is 1.55 bits per heavy atom. The van der Waals surface area contributed by atoms with Crippen molar-refractivity contribution in [2.24, 2.45) is 5.10 Å². The number of benzene rings is 1. The van der Waals surface area contributed by atoms with Crippen LogP contribution in [0.25, 0.3) is 0 Å². The first-order chi connectivity index (χ1) is 9.47. The summed E-state index contributed by atoms with van der Waals surface area (Å²) in [5, 5.41) is 3.84. The minimum atomic E-state index is -0.209. The maximum absolute atomic E-state index is 10.8. The molecule has 0 heterocycles. The van der Waals surface area contributed by atoms with Gasteiger partial charge in [0.2, 0.25) is 5.91 Å².